The van der Waals surface area contributed by atoms with E-state index in [2.05, 4.69) is 19.2 Å². The third-order valence-corrected chi connectivity index (χ3v) is 12.8. The molecule has 9 nitrogen and oxygen atoms in total. The van der Waals surface area contributed by atoms with Gasteiger partial charge in [-0.15, -0.1) is 0 Å². The molecule has 0 aromatic carbocycles. The van der Waals surface area contributed by atoms with Crippen LogP contribution in [0.15, 0.2) is 0 Å². The Hall–Kier alpha value is -0.990. The van der Waals surface area contributed by atoms with Crippen LogP contribution in [0.1, 0.15) is 277 Å². The average Bonchev–Trinajstić information content (AvgIpc) is 3.23. The second-order valence-corrected chi connectivity index (χ2v) is 19.3. The Kier molecular flexibility index (Phi) is 46.7. The summed E-state index contributed by atoms with van der Waals surface area (Å²) in [4.78, 5) is 34.0. The fraction of sp³-hybridized carbons (Fsp3) is 0.960. The molecule has 0 aliphatic carbocycles. The standard InChI is InChI=1S/C50H100NO8P/c1-3-5-7-9-11-13-15-17-19-21-22-23-24-25-26-27-28-30-32-34-36-38-40-42-49(53)51-44-45-58-60(55,56)59-47-48(52)46-57-50(54)43-41-39-37-35-33-31-29-20-18-16-14-12-10-8-6-4-2/h48,52H,3-47H2,1-2H3,(H,51,53)(H,55,56). The molecule has 10 heteroatoms. The van der Waals surface area contributed by atoms with Crippen LogP contribution >= 0.6 is 7.82 Å². The number of phosphoric acid groups is 1. The Morgan fingerprint density at radius 1 is 0.450 bits per heavy atom. The summed E-state index contributed by atoms with van der Waals surface area (Å²) in [5.74, 6) is -0.498. The minimum absolute atomic E-state index is 0.0889. The number of hydrogen-bond donors (Lipinski definition) is 3. The number of aliphatic hydroxyl groups excluding tert-OH is 1. The maximum absolute atomic E-state index is 12.1. The zero-order chi connectivity index (χ0) is 43.9. The molecule has 0 aromatic heterocycles. The van der Waals surface area contributed by atoms with Crippen LogP contribution < -0.4 is 5.32 Å². The SMILES string of the molecule is CCCCCCCCCCCCCCCCCCCCCCCCCC(=O)NCCOP(=O)(O)OCC(O)COC(=O)CCCCCCCCCCCCCCCCCC. The van der Waals surface area contributed by atoms with Gasteiger partial charge in [0.25, 0.3) is 0 Å². The van der Waals surface area contributed by atoms with E-state index in [-0.39, 0.29) is 25.7 Å². The van der Waals surface area contributed by atoms with Crippen molar-refractivity contribution < 1.29 is 37.9 Å². The number of nitrogens with one attached hydrogen (secondary N) is 1. The lowest BCUT2D eigenvalue weighted by Gasteiger charge is -2.15. The molecule has 3 N–H and O–H groups in total. The summed E-state index contributed by atoms with van der Waals surface area (Å²) in [7, 11) is -4.41. The quantitative estimate of drug-likeness (QED) is 0.0313. The number of esters is 1. The second-order valence-electron chi connectivity index (χ2n) is 17.9. The average molecular weight is 874 g/mol. The van der Waals surface area contributed by atoms with Crippen LogP contribution in [-0.4, -0.2) is 54.3 Å². The first-order chi connectivity index (χ1) is 29.3. The summed E-state index contributed by atoms with van der Waals surface area (Å²) < 4.78 is 27.0. The molecule has 0 radical (unpaired) electrons. The van der Waals surface area contributed by atoms with E-state index in [1.807, 2.05) is 0 Å². The van der Waals surface area contributed by atoms with Crippen LogP contribution in [0.25, 0.3) is 0 Å². The Labute approximate surface area is 371 Å². The van der Waals surface area contributed by atoms with Gasteiger partial charge in [-0.1, -0.05) is 251 Å². The van der Waals surface area contributed by atoms with Crippen molar-refractivity contribution in [3.63, 3.8) is 0 Å². The monoisotopic (exact) mass is 874 g/mol. The molecule has 358 valence electrons. The predicted octanol–water partition coefficient (Wildman–Crippen LogP) is 15.2. The third kappa shape index (κ3) is 48.0. The molecule has 0 saturated carbocycles. The molecule has 0 aliphatic heterocycles. The highest BCUT2D eigenvalue weighted by molar-refractivity contribution is 7.47. The lowest BCUT2D eigenvalue weighted by Crippen LogP contribution is -2.27. The van der Waals surface area contributed by atoms with Gasteiger partial charge >= 0.3 is 13.8 Å². The molecule has 0 rings (SSSR count). The number of ether oxygens (including phenoxy) is 1. The van der Waals surface area contributed by atoms with E-state index in [0.717, 1.165) is 38.5 Å². The lowest BCUT2D eigenvalue weighted by molar-refractivity contribution is -0.147. The number of carbonyl (C=O) groups excluding carboxylic acids is 2. The van der Waals surface area contributed by atoms with Crippen molar-refractivity contribution in [3.8, 4) is 0 Å². The van der Waals surface area contributed by atoms with Gasteiger partial charge < -0.3 is 20.1 Å². The summed E-state index contributed by atoms with van der Waals surface area (Å²) >= 11 is 0. The molecular formula is C50H100NO8P. The number of unbranched alkanes of at least 4 members (excludes halogenated alkanes) is 37. The summed E-state index contributed by atoms with van der Waals surface area (Å²) in [5.41, 5.74) is 0. The maximum atomic E-state index is 12.1. The zero-order valence-electron chi connectivity index (χ0n) is 39.7. The van der Waals surface area contributed by atoms with E-state index in [1.165, 1.54) is 212 Å². The normalized spacial score (nSPS) is 13.1. The van der Waals surface area contributed by atoms with Crippen molar-refractivity contribution in [1.29, 1.82) is 0 Å². The molecular weight excluding hydrogens is 774 g/mol. The number of aliphatic hydroxyl groups is 1. The largest absolute Gasteiger partial charge is 0.472 e. The maximum Gasteiger partial charge on any atom is 0.472 e. The van der Waals surface area contributed by atoms with Gasteiger partial charge in [-0.25, -0.2) is 4.57 Å². The summed E-state index contributed by atoms with van der Waals surface area (Å²) in [6, 6.07) is 0. The number of rotatable bonds is 50. The van der Waals surface area contributed by atoms with Crippen LogP contribution in [0, 0.1) is 0 Å². The molecule has 1 amide bonds. The molecule has 0 heterocycles. The molecule has 2 unspecified atom stereocenters. The number of carbonyl (C=O) groups is 2. The van der Waals surface area contributed by atoms with Gasteiger partial charge in [-0.3, -0.25) is 18.6 Å². The van der Waals surface area contributed by atoms with E-state index in [4.69, 9.17) is 13.8 Å². The summed E-state index contributed by atoms with van der Waals surface area (Å²) in [6.07, 6.45) is 50.5. The van der Waals surface area contributed by atoms with Crippen molar-refractivity contribution in [3.05, 3.63) is 0 Å². The predicted molar refractivity (Wildman–Crippen MR) is 252 cm³/mol. The van der Waals surface area contributed by atoms with E-state index >= 15 is 0 Å². The molecule has 0 fully saturated rings. The van der Waals surface area contributed by atoms with Crippen molar-refractivity contribution in [2.45, 2.75) is 283 Å². The number of phosphoric ester groups is 1. The Balaban J connectivity index is 3.49. The Morgan fingerprint density at radius 2 is 0.750 bits per heavy atom. The first-order valence-corrected chi connectivity index (χ1v) is 27.5. The van der Waals surface area contributed by atoms with Gasteiger partial charge in [0.1, 0.15) is 12.7 Å². The minimum Gasteiger partial charge on any atom is -0.463 e. The lowest BCUT2D eigenvalue weighted by atomic mass is 10.0. The van der Waals surface area contributed by atoms with E-state index in [9.17, 15) is 24.2 Å². The van der Waals surface area contributed by atoms with Crippen molar-refractivity contribution in [2.75, 3.05) is 26.4 Å². The van der Waals surface area contributed by atoms with E-state index < -0.39 is 26.5 Å². The highest BCUT2D eigenvalue weighted by atomic mass is 31.2. The van der Waals surface area contributed by atoms with Crippen molar-refractivity contribution in [2.24, 2.45) is 0 Å². The van der Waals surface area contributed by atoms with Crippen LogP contribution in [0.2, 0.25) is 0 Å². The third-order valence-electron chi connectivity index (χ3n) is 11.8. The highest BCUT2D eigenvalue weighted by Gasteiger charge is 2.23. The van der Waals surface area contributed by atoms with Crippen LogP contribution in [0.4, 0.5) is 0 Å². The summed E-state index contributed by atoms with van der Waals surface area (Å²) in [6.45, 7) is 3.62. The Morgan fingerprint density at radius 3 is 1.08 bits per heavy atom. The number of hydrogen-bond acceptors (Lipinski definition) is 7. The van der Waals surface area contributed by atoms with E-state index in [0.29, 0.717) is 12.8 Å². The van der Waals surface area contributed by atoms with Crippen LogP contribution in [-0.2, 0) is 27.9 Å². The first-order valence-electron chi connectivity index (χ1n) is 26.0. The fourth-order valence-electron chi connectivity index (χ4n) is 7.86. The van der Waals surface area contributed by atoms with Crippen molar-refractivity contribution >= 4 is 19.7 Å². The molecule has 0 bridgehead atoms. The highest BCUT2D eigenvalue weighted by Crippen LogP contribution is 2.42. The fourth-order valence-corrected chi connectivity index (χ4v) is 8.61. The summed E-state index contributed by atoms with van der Waals surface area (Å²) in [5, 5.41) is 12.7. The second kappa shape index (κ2) is 47.5. The molecule has 60 heavy (non-hydrogen) atoms. The van der Waals surface area contributed by atoms with E-state index in [1.54, 1.807) is 0 Å². The van der Waals surface area contributed by atoms with Gasteiger partial charge in [-0.2, -0.15) is 0 Å². The van der Waals surface area contributed by atoms with Gasteiger partial charge in [0, 0.05) is 19.4 Å². The minimum atomic E-state index is -4.41. The van der Waals surface area contributed by atoms with Gasteiger partial charge in [0.2, 0.25) is 5.91 Å². The molecule has 2 atom stereocenters. The van der Waals surface area contributed by atoms with Crippen LogP contribution in [0.3, 0.4) is 0 Å². The molecule has 0 spiro atoms. The van der Waals surface area contributed by atoms with Crippen molar-refractivity contribution in [1.82, 2.24) is 5.32 Å². The Bertz CT molecular complexity index is 953. The topological polar surface area (TPSA) is 131 Å². The first kappa shape index (κ1) is 59.0. The molecule has 0 aromatic rings. The van der Waals surface area contributed by atoms with Gasteiger partial charge in [0.15, 0.2) is 0 Å². The zero-order valence-corrected chi connectivity index (χ0v) is 40.6. The van der Waals surface area contributed by atoms with Gasteiger partial charge in [-0.05, 0) is 12.8 Å². The molecule has 0 saturated heterocycles. The van der Waals surface area contributed by atoms with Gasteiger partial charge in [0.05, 0.1) is 13.2 Å². The molecule has 0 aliphatic rings. The van der Waals surface area contributed by atoms with Crippen LogP contribution in [0.5, 0.6) is 0 Å². The smallest absolute Gasteiger partial charge is 0.463 e. The number of amides is 1.